The van der Waals surface area contributed by atoms with Crippen LogP contribution < -0.4 is 26.3 Å². The van der Waals surface area contributed by atoms with Gasteiger partial charge < -0.3 is 60.5 Å². The van der Waals surface area contributed by atoms with E-state index in [1.807, 2.05) is 0 Å². The molecule has 208 valence electrons. The van der Waals surface area contributed by atoms with Crippen molar-refractivity contribution in [2.45, 2.75) is 37.0 Å². The van der Waals surface area contributed by atoms with E-state index in [1.165, 1.54) is 10.9 Å². The molecule has 0 radical (unpaired) electrons. The molecule has 1 saturated heterocycles. The SMILES string of the molecule is CO.O.O=c1[nH]cnc2c1ncn2[C@@H]1O[C@H](COP(=O)([O-])O)[C@@H](O)[C@H]1O.[NH3+][C@@H](Cc1c[nH+]c[nH]1)C(=O)[O-]. The maximum Gasteiger partial charge on any atom is 0.278 e. The minimum Gasteiger partial charge on any atom is -0.756 e. The fourth-order valence-electron chi connectivity index (χ4n) is 3.10. The number of carboxylic acid groups (broad SMARTS) is 1. The van der Waals surface area contributed by atoms with Gasteiger partial charge in [-0.15, -0.1) is 0 Å². The van der Waals surface area contributed by atoms with E-state index in [0.29, 0.717) is 6.42 Å². The van der Waals surface area contributed by atoms with Crippen LogP contribution in [0.4, 0.5) is 0 Å². The molecule has 1 aliphatic heterocycles. The number of aliphatic carboxylic acids is 1. The molecule has 0 amide bonds. The van der Waals surface area contributed by atoms with Crippen LogP contribution in [0.2, 0.25) is 0 Å². The number of carboxylic acids is 1. The number of phosphoric ester groups is 1. The number of aromatic nitrogens is 6. The van der Waals surface area contributed by atoms with Crippen LogP contribution in [0.1, 0.15) is 11.9 Å². The molecule has 3 aromatic heterocycles. The van der Waals surface area contributed by atoms with E-state index in [9.17, 15) is 34.4 Å². The molecular formula is C17H28N7O12P. The molecule has 0 bridgehead atoms. The Morgan fingerprint density at radius 1 is 1.35 bits per heavy atom. The lowest BCUT2D eigenvalue weighted by atomic mass is 10.1. The number of phosphoric acid groups is 1. The molecule has 0 aromatic carbocycles. The molecule has 3 aromatic rings. The number of nitrogens with one attached hydrogen (secondary N) is 3. The lowest BCUT2D eigenvalue weighted by Gasteiger charge is -2.20. The number of hydrogen-bond donors (Lipinski definition) is 7. The van der Waals surface area contributed by atoms with Crippen molar-refractivity contribution in [3.63, 3.8) is 0 Å². The maximum absolute atomic E-state index is 11.6. The molecule has 12 N–H and O–H groups in total. The second-order valence-electron chi connectivity index (χ2n) is 7.21. The number of nitrogens with zero attached hydrogens (tertiary/aromatic N) is 3. The molecule has 0 spiro atoms. The smallest absolute Gasteiger partial charge is 0.278 e. The number of hydrogen-bond acceptors (Lipinski definition) is 12. The zero-order chi connectivity index (χ0) is 27.0. The van der Waals surface area contributed by atoms with Crippen LogP contribution in [-0.4, -0.2) is 94.2 Å². The van der Waals surface area contributed by atoms with Gasteiger partial charge >= 0.3 is 0 Å². The first-order valence-electron chi connectivity index (χ1n) is 10.1. The monoisotopic (exact) mass is 553 g/mol. The van der Waals surface area contributed by atoms with Gasteiger partial charge in [0.25, 0.3) is 13.4 Å². The molecule has 19 nitrogen and oxygen atoms in total. The average Bonchev–Trinajstić information content (AvgIpc) is 3.55. The third-order valence-corrected chi connectivity index (χ3v) is 5.25. The molecule has 0 aliphatic carbocycles. The number of rotatable bonds is 7. The Balaban J connectivity index is 0.000000414. The van der Waals surface area contributed by atoms with Crippen LogP contribution in [0.15, 0.2) is 30.0 Å². The Labute approximate surface area is 207 Å². The number of fused-ring (bicyclic) bond motifs is 1. The molecule has 6 atom stereocenters. The molecule has 1 fully saturated rings. The van der Waals surface area contributed by atoms with Gasteiger partial charge in [0.05, 0.1) is 31.7 Å². The van der Waals surface area contributed by atoms with Gasteiger partial charge in [-0.3, -0.25) is 18.9 Å². The summed E-state index contributed by atoms with van der Waals surface area (Å²) in [4.78, 5) is 56.7. The third-order valence-electron chi connectivity index (χ3n) is 4.78. The Hall–Kier alpha value is -3.10. The zero-order valence-electron chi connectivity index (χ0n) is 19.3. The van der Waals surface area contributed by atoms with E-state index in [2.05, 4.69) is 35.2 Å². The van der Waals surface area contributed by atoms with Gasteiger partial charge in [0.2, 0.25) is 6.33 Å². The summed E-state index contributed by atoms with van der Waals surface area (Å²) < 4.78 is 21.3. The minimum atomic E-state index is -4.99. The lowest BCUT2D eigenvalue weighted by Crippen LogP contribution is -2.69. The molecule has 1 unspecified atom stereocenters. The van der Waals surface area contributed by atoms with Gasteiger partial charge in [-0.2, -0.15) is 0 Å². The van der Waals surface area contributed by atoms with Crippen LogP contribution in [0.25, 0.3) is 11.2 Å². The Kier molecular flexibility index (Phi) is 12.1. The number of ether oxygens (including phenoxy) is 1. The van der Waals surface area contributed by atoms with E-state index in [-0.39, 0.29) is 16.6 Å². The third kappa shape index (κ3) is 8.47. The molecule has 20 heteroatoms. The number of carbonyl (C=O) groups excluding carboxylic acids is 1. The Bertz CT molecular complexity index is 1210. The van der Waals surface area contributed by atoms with Gasteiger partial charge in [-0.1, -0.05) is 0 Å². The van der Waals surface area contributed by atoms with Crippen molar-refractivity contribution in [2.24, 2.45) is 0 Å². The number of imidazole rings is 2. The van der Waals surface area contributed by atoms with Crippen LogP contribution in [0, 0.1) is 0 Å². The number of quaternary nitrogens is 1. The van der Waals surface area contributed by atoms with E-state index < -0.39 is 56.5 Å². The highest BCUT2D eigenvalue weighted by Crippen LogP contribution is 2.35. The summed E-state index contributed by atoms with van der Waals surface area (Å²) in [7, 11) is -3.99. The number of carbonyl (C=O) groups is 1. The van der Waals surface area contributed by atoms with Crippen molar-refractivity contribution in [2.75, 3.05) is 13.7 Å². The molecule has 4 heterocycles. The Morgan fingerprint density at radius 2 is 2.03 bits per heavy atom. The van der Waals surface area contributed by atoms with Gasteiger partial charge in [-0.05, 0) is 0 Å². The van der Waals surface area contributed by atoms with Crippen molar-refractivity contribution in [3.05, 3.63) is 41.2 Å². The van der Waals surface area contributed by atoms with Crippen molar-refractivity contribution >= 4 is 25.0 Å². The number of aromatic amines is 3. The topological polar surface area (TPSA) is 332 Å². The number of aliphatic hydroxyl groups excluding tert-OH is 3. The predicted octanol–water partition coefficient (Wildman–Crippen LogP) is -7.27. The normalized spacial score (nSPS) is 23.0. The second kappa shape index (κ2) is 14.0. The summed E-state index contributed by atoms with van der Waals surface area (Å²) in [5, 5.41) is 37.2. The summed E-state index contributed by atoms with van der Waals surface area (Å²) >= 11 is 0. The van der Waals surface area contributed by atoms with E-state index in [1.54, 1.807) is 12.5 Å². The van der Waals surface area contributed by atoms with Gasteiger partial charge in [0.15, 0.2) is 17.4 Å². The Morgan fingerprint density at radius 3 is 2.59 bits per heavy atom. The molecular weight excluding hydrogens is 525 g/mol. The van der Waals surface area contributed by atoms with Crippen LogP contribution in [0.5, 0.6) is 0 Å². The van der Waals surface area contributed by atoms with Crippen molar-refractivity contribution in [3.8, 4) is 0 Å². The maximum atomic E-state index is 11.6. The highest BCUT2D eigenvalue weighted by molar-refractivity contribution is 7.44. The second-order valence-corrected chi connectivity index (χ2v) is 8.41. The van der Waals surface area contributed by atoms with Gasteiger partial charge in [-0.25, -0.2) is 15.0 Å². The van der Waals surface area contributed by atoms with Crippen LogP contribution in [0.3, 0.4) is 0 Å². The van der Waals surface area contributed by atoms with Gasteiger partial charge in [0.1, 0.15) is 36.2 Å². The highest BCUT2D eigenvalue weighted by atomic mass is 31.2. The van der Waals surface area contributed by atoms with Gasteiger partial charge in [0, 0.05) is 7.11 Å². The highest BCUT2D eigenvalue weighted by Gasteiger charge is 2.44. The molecule has 0 saturated carbocycles. The van der Waals surface area contributed by atoms with Crippen molar-refractivity contribution in [1.29, 1.82) is 0 Å². The minimum absolute atomic E-state index is 0. The zero-order valence-corrected chi connectivity index (χ0v) is 20.1. The summed E-state index contributed by atoms with van der Waals surface area (Å²) in [6.07, 6.45) is 0.705. The first-order valence-corrected chi connectivity index (χ1v) is 11.6. The number of H-pyrrole nitrogens is 3. The fraction of sp³-hybridized carbons (Fsp3) is 0.471. The summed E-state index contributed by atoms with van der Waals surface area (Å²) in [6, 6.07) is -0.693. The molecule has 4 rings (SSSR count). The average molecular weight is 553 g/mol. The van der Waals surface area contributed by atoms with Crippen molar-refractivity contribution < 1.29 is 65.0 Å². The predicted molar refractivity (Wildman–Crippen MR) is 114 cm³/mol. The van der Waals surface area contributed by atoms with E-state index >= 15 is 0 Å². The number of aliphatic hydroxyl groups is 3. The first-order chi connectivity index (χ1) is 17.0. The van der Waals surface area contributed by atoms with Crippen LogP contribution in [-0.2, 0) is 25.0 Å². The fourth-order valence-corrected chi connectivity index (χ4v) is 3.43. The summed E-state index contributed by atoms with van der Waals surface area (Å²) in [5.41, 5.74) is 3.86. The van der Waals surface area contributed by atoms with E-state index in [4.69, 9.17) is 14.7 Å². The molecule has 37 heavy (non-hydrogen) atoms. The molecule has 1 aliphatic rings. The lowest BCUT2D eigenvalue weighted by molar-refractivity contribution is -0.437. The van der Waals surface area contributed by atoms with Crippen molar-refractivity contribution in [1.82, 2.24) is 24.5 Å². The summed E-state index contributed by atoms with van der Waals surface area (Å²) in [6.45, 7) is -0.688. The van der Waals surface area contributed by atoms with E-state index in [0.717, 1.165) is 19.1 Å². The quantitative estimate of drug-likeness (QED) is 0.134. The first kappa shape index (κ1) is 31.9. The largest absolute Gasteiger partial charge is 0.756 e. The van der Waals surface area contributed by atoms with Crippen LogP contribution >= 0.6 is 7.82 Å². The summed E-state index contributed by atoms with van der Waals surface area (Å²) in [5.74, 6) is -1.13. The standard InChI is InChI=1S/C10H13N4O8P.C6H9N3O2.CH4O.H2O/c15-6-4(1-21-23(18,19)20)22-10(7(6)16)14-3-13-5-8(14)11-2-12-9(5)17;7-5(6(10)11)1-4-2-8-3-9-4;1-2;/h2-4,6-7,10,15-16H,1H2,(H,11,12,17)(H2,18,19,20);2-3,5H,1,7H2,(H,8,9)(H,10,11);2H,1H3;1H2/t4-,6-,7-,10-;5-;;/m10../s1.